The van der Waals surface area contributed by atoms with Gasteiger partial charge in [0.15, 0.2) is 11.6 Å². The molecule has 0 bridgehead atoms. The lowest BCUT2D eigenvalue weighted by atomic mass is 10.2. The second-order valence-corrected chi connectivity index (χ2v) is 7.76. The van der Waals surface area contributed by atoms with Gasteiger partial charge in [0.25, 0.3) is 0 Å². The lowest BCUT2D eigenvalue weighted by molar-refractivity contribution is 0.191. The maximum Gasteiger partial charge on any atom is 0.191 e. The van der Waals surface area contributed by atoms with E-state index in [0.29, 0.717) is 25.5 Å². The number of fused-ring (bicyclic) bond motifs is 2. The molecule has 0 fully saturated rings. The topological polar surface area (TPSA) is 86.8 Å². The van der Waals surface area contributed by atoms with E-state index in [2.05, 4.69) is 38.0 Å². The fraction of sp³-hybridized carbons (Fsp3) is 0.286. The average Bonchev–Trinajstić information content (AvgIpc) is 3.36. The molecule has 0 aliphatic heterocycles. The Morgan fingerprint density at radius 3 is 2.90 bits per heavy atom. The average molecular weight is 409 g/mol. The molecule has 0 saturated carbocycles. The number of aliphatic hydroxyl groups excluding tert-OH is 1. The van der Waals surface area contributed by atoms with Crippen LogP contribution in [-0.2, 0) is 6.42 Å². The highest BCUT2D eigenvalue weighted by Gasteiger charge is 2.11. The van der Waals surface area contributed by atoms with Crippen molar-refractivity contribution >= 4 is 33.0 Å². The number of benzene rings is 1. The van der Waals surface area contributed by atoms with E-state index in [0.717, 1.165) is 28.3 Å². The molecule has 1 atom stereocenters. The summed E-state index contributed by atoms with van der Waals surface area (Å²) < 4.78 is 3.16. The van der Waals surface area contributed by atoms with Crippen LogP contribution in [0, 0.1) is 0 Å². The molecule has 4 aromatic rings. The molecular weight excluding hydrogens is 384 g/mol. The molecule has 0 spiro atoms. The van der Waals surface area contributed by atoms with Gasteiger partial charge in [-0.2, -0.15) is 0 Å². The molecule has 8 heteroatoms. The number of hydrogen-bond acceptors (Lipinski definition) is 5. The summed E-state index contributed by atoms with van der Waals surface area (Å²) in [5, 5.41) is 26.7. The summed E-state index contributed by atoms with van der Waals surface area (Å²) in [7, 11) is 0. The number of guanidine groups is 1. The van der Waals surface area contributed by atoms with Crippen LogP contribution in [0.2, 0.25) is 0 Å². The van der Waals surface area contributed by atoms with E-state index < -0.39 is 6.10 Å². The number of hydrogen-bond donors (Lipinski definition) is 3. The van der Waals surface area contributed by atoms with Crippen molar-refractivity contribution < 1.29 is 5.11 Å². The smallest absolute Gasteiger partial charge is 0.191 e. The van der Waals surface area contributed by atoms with Gasteiger partial charge < -0.3 is 15.7 Å². The minimum Gasteiger partial charge on any atom is -0.386 e. The van der Waals surface area contributed by atoms with Crippen molar-refractivity contribution in [1.82, 2.24) is 25.2 Å². The third-order valence-electron chi connectivity index (χ3n) is 4.56. The first-order valence-corrected chi connectivity index (χ1v) is 10.5. The van der Waals surface area contributed by atoms with Crippen molar-refractivity contribution in [2.75, 3.05) is 19.6 Å². The van der Waals surface area contributed by atoms with Gasteiger partial charge in [-0.1, -0.05) is 24.3 Å². The van der Waals surface area contributed by atoms with E-state index >= 15 is 0 Å². The summed E-state index contributed by atoms with van der Waals surface area (Å²) in [6.07, 6.45) is 2.06. The molecule has 0 aliphatic carbocycles. The SMILES string of the molecule is CCNC(=NCC(O)c1cc2ccccc2s1)NCCc1nnc2ccccn12. The van der Waals surface area contributed by atoms with Gasteiger partial charge in [-0.3, -0.25) is 9.39 Å². The largest absolute Gasteiger partial charge is 0.386 e. The number of pyridine rings is 1. The van der Waals surface area contributed by atoms with Gasteiger partial charge in [0, 0.05) is 35.3 Å². The molecule has 7 nitrogen and oxygen atoms in total. The summed E-state index contributed by atoms with van der Waals surface area (Å²) in [4.78, 5) is 5.48. The van der Waals surface area contributed by atoms with Crippen LogP contribution in [-0.4, -0.2) is 45.3 Å². The Morgan fingerprint density at radius 1 is 1.17 bits per heavy atom. The maximum atomic E-state index is 10.6. The summed E-state index contributed by atoms with van der Waals surface area (Å²) >= 11 is 1.61. The van der Waals surface area contributed by atoms with Gasteiger partial charge in [-0.25, -0.2) is 0 Å². The Labute approximate surface area is 173 Å². The Hall–Kier alpha value is -2.97. The van der Waals surface area contributed by atoms with Crippen LogP contribution < -0.4 is 10.6 Å². The highest BCUT2D eigenvalue weighted by molar-refractivity contribution is 7.19. The molecule has 0 radical (unpaired) electrons. The van der Waals surface area contributed by atoms with Gasteiger partial charge in [-0.05, 0) is 36.6 Å². The third-order valence-corrected chi connectivity index (χ3v) is 5.78. The molecule has 29 heavy (non-hydrogen) atoms. The molecule has 0 saturated heterocycles. The molecule has 4 rings (SSSR count). The van der Waals surface area contributed by atoms with Gasteiger partial charge in [-0.15, -0.1) is 21.5 Å². The zero-order valence-electron chi connectivity index (χ0n) is 16.2. The predicted octanol–water partition coefficient (Wildman–Crippen LogP) is 2.78. The number of aromatic nitrogens is 3. The zero-order valence-corrected chi connectivity index (χ0v) is 17.1. The Kier molecular flexibility index (Phi) is 6.02. The van der Waals surface area contributed by atoms with Gasteiger partial charge in [0.2, 0.25) is 0 Å². The lowest BCUT2D eigenvalue weighted by Gasteiger charge is -2.12. The summed E-state index contributed by atoms with van der Waals surface area (Å²) in [6, 6.07) is 16.0. The Morgan fingerprint density at radius 2 is 2.03 bits per heavy atom. The minimum atomic E-state index is -0.622. The standard InChI is InChI=1S/C21H24N6OS/c1-2-22-21(23-11-10-20-26-25-19-9-5-6-12-27(19)20)24-14-16(28)18-13-15-7-3-4-8-17(15)29-18/h3-9,12-13,16,28H,2,10-11,14H2,1H3,(H2,22,23,24). The van der Waals surface area contributed by atoms with Gasteiger partial charge in [0.05, 0.1) is 6.54 Å². The molecule has 1 aromatic carbocycles. The fourth-order valence-electron chi connectivity index (χ4n) is 3.13. The Balaban J connectivity index is 1.36. The predicted molar refractivity (Wildman–Crippen MR) is 117 cm³/mol. The van der Waals surface area contributed by atoms with Crippen LogP contribution in [0.15, 0.2) is 59.7 Å². The minimum absolute atomic E-state index is 0.302. The van der Waals surface area contributed by atoms with Crippen molar-refractivity contribution in [3.8, 4) is 0 Å². The van der Waals surface area contributed by atoms with Crippen LogP contribution in [0.5, 0.6) is 0 Å². The molecule has 150 valence electrons. The van der Waals surface area contributed by atoms with Crippen LogP contribution in [0.4, 0.5) is 0 Å². The summed E-state index contributed by atoms with van der Waals surface area (Å²) in [5.74, 6) is 1.58. The quantitative estimate of drug-likeness (QED) is 0.323. The third kappa shape index (κ3) is 4.55. The number of rotatable bonds is 7. The first-order chi connectivity index (χ1) is 14.2. The van der Waals surface area contributed by atoms with Gasteiger partial charge in [0.1, 0.15) is 11.9 Å². The van der Waals surface area contributed by atoms with Crippen molar-refractivity contribution in [1.29, 1.82) is 0 Å². The van der Waals surface area contributed by atoms with Crippen molar-refractivity contribution in [2.45, 2.75) is 19.4 Å². The van der Waals surface area contributed by atoms with Crippen LogP contribution in [0.25, 0.3) is 15.7 Å². The van der Waals surface area contributed by atoms with E-state index in [9.17, 15) is 5.11 Å². The number of aliphatic imine (C=N–C) groups is 1. The highest BCUT2D eigenvalue weighted by atomic mass is 32.1. The second-order valence-electron chi connectivity index (χ2n) is 6.64. The van der Waals surface area contributed by atoms with Gasteiger partial charge >= 0.3 is 0 Å². The number of nitrogens with zero attached hydrogens (tertiary/aromatic N) is 4. The molecular formula is C21H24N6OS. The van der Waals surface area contributed by atoms with Crippen LogP contribution in [0.1, 0.15) is 23.7 Å². The van der Waals surface area contributed by atoms with E-state index in [-0.39, 0.29) is 0 Å². The molecule has 0 aliphatic rings. The fourth-order valence-corrected chi connectivity index (χ4v) is 4.17. The summed E-state index contributed by atoms with van der Waals surface area (Å²) in [5.41, 5.74) is 0.842. The van der Waals surface area contributed by atoms with E-state index in [1.54, 1.807) is 11.3 Å². The van der Waals surface area contributed by atoms with E-state index in [1.165, 1.54) is 4.70 Å². The van der Waals surface area contributed by atoms with E-state index in [1.807, 2.05) is 53.9 Å². The normalized spacial score (nSPS) is 13.1. The molecule has 1 unspecified atom stereocenters. The maximum absolute atomic E-state index is 10.6. The number of nitrogens with one attached hydrogen (secondary N) is 2. The van der Waals surface area contributed by atoms with Crippen LogP contribution in [0.3, 0.4) is 0 Å². The first kappa shape index (κ1) is 19.4. The lowest BCUT2D eigenvalue weighted by Crippen LogP contribution is -2.38. The van der Waals surface area contributed by atoms with Crippen molar-refractivity contribution in [3.05, 3.63) is 65.4 Å². The number of aliphatic hydroxyl groups is 1. The monoisotopic (exact) mass is 408 g/mol. The zero-order chi connectivity index (χ0) is 20.1. The molecule has 3 aromatic heterocycles. The van der Waals surface area contributed by atoms with E-state index in [4.69, 9.17) is 0 Å². The first-order valence-electron chi connectivity index (χ1n) is 9.72. The number of thiophene rings is 1. The molecule has 0 amide bonds. The summed E-state index contributed by atoms with van der Waals surface area (Å²) in [6.45, 7) is 3.74. The molecule has 3 heterocycles. The second kappa shape index (κ2) is 9.02. The van der Waals surface area contributed by atoms with Crippen molar-refractivity contribution in [3.63, 3.8) is 0 Å². The van der Waals surface area contributed by atoms with Crippen molar-refractivity contribution in [2.24, 2.45) is 4.99 Å². The Bertz CT molecular complexity index is 1090. The highest BCUT2D eigenvalue weighted by Crippen LogP contribution is 2.29. The van der Waals surface area contributed by atoms with Crippen LogP contribution >= 0.6 is 11.3 Å². The molecule has 3 N–H and O–H groups in total.